The Hall–Kier alpha value is -2.82. The van der Waals surface area contributed by atoms with Crippen LogP contribution in [0.25, 0.3) is 0 Å². The Balaban J connectivity index is 1.84. The van der Waals surface area contributed by atoms with E-state index in [4.69, 9.17) is 24.1 Å². The van der Waals surface area contributed by atoms with Crippen molar-refractivity contribution < 1.29 is 43.2 Å². The second kappa shape index (κ2) is 16.9. The number of carbonyl (C=O) groups is 4. The Labute approximate surface area is 180 Å². The van der Waals surface area contributed by atoms with E-state index in [1.807, 2.05) is 0 Å². The van der Waals surface area contributed by atoms with Crippen LogP contribution in [0.15, 0.2) is 30.3 Å². The molecule has 0 aliphatic rings. The van der Waals surface area contributed by atoms with Crippen molar-refractivity contribution in [3.63, 3.8) is 0 Å². The van der Waals surface area contributed by atoms with Crippen LogP contribution in [0.3, 0.4) is 0 Å². The summed E-state index contributed by atoms with van der Waals surface area (Å²) in [5, 5.41) is 11.1. The Bertz CT molecular complexity index is 679. The molecule has 0 atom stereocenters. The van der Waals surface area contributed by atoms with Crippen molar-refractivity contribution in [3.05, 3.63) is 35.9 Å². The molecule has 1 amide bonds. The summed E-state index contributed by atoms with van der Waals surface area (Å²) in [6.07, 6.45) is 0.413. The van der Waals surface area contributed by atoms with Gasteiger partial charge in [0.1, 0.15) is 6.61 Å². The molecule has 10 heteroatoms. The molecule has 0 heterocycles. The largest absolute Gasteiger partial charge is 0.481 e. The van der Waals surface area contributed by atoms with Gasteiger partial charge in [0.25, 0.3) is 5.78 Å². The number of esters is 1. The van der Waals surface area contributed by atoms with Crippen molar-refractivity contribution in [3.8, 4) is 0 Å². The van der Waals surface area contributed by atoms with Crippen molar-refractivity contribution in [1.29, 1.82) is 0 Å². The minimum Gasteiger partial charge on any atom is -0.481 e. The molecule has 0 saturated heterocycles. The topological polar surface area (TPSA) is 137 Å². The van der Waals surface area contributed by atoms with Crippen LogP contribution < -0.4 is 5.32 Å². The van der Waals surface area contributed by atoms with Gasteiger partial charge in [-0.05, 0) is 6.42 Å². The fourth-order valence-electron chi connectivity index (χ4n) is 2.22. The van der Waals surface area contributed by atoms with Gasteiger partial charge in [0.2, 0.25) is 5.91 Å². The molecule has 0 saturated carbocycles. The molecule has 1 aromatic rings. The summed E-state index contributed by atoms with van der Waals surface area (Å²) >= 11 is 0. The van der Waals surface area contributed by atoms with Gasteiger partial charge >= 0.3 is 11.9 Å². The van der Waals surface area contributed by atoms with Gasteiger partial charge in [0, 0.05) is 25.1 Å². The lowest BCUT2D eigenvalue weighted by Gasteiger charge is -2.08. The van der Waals surface area contributed by atoms with Gasteiger partial charge in [0.05, 0.1) is 39.5 Å². The van der Waals surface area contributed by atoms with E-state index < -0.39 is 17.7 Å². The van der Waals surface area contributed by atoms with E-state index in [1.165, 1.54) is 0 Å². The number of rotatable bonds is 18. The van der Waals surface area contributed by atoms with E-state index >= 15 is 0 Å². The fourth-order valence-corrected chi connectivity index (χ4v) is 2.22. The first-order valence-corrected chi connectivity index (χ1v) is 9.99. The first-order valence-electron chi connectivity index (χ1n) is 9.99. The van der Waals surface area contributed by atoms with Crippen molar-refractivity contribution >= 4 is 23.6 Å². The molecule has 0 unspecified atom stereocenters. The van der Waals surface area contributed by atoms with Crippen LogP contribution in [-0.4, -0.2) is 81.5 Å². The lowest BCUT2D eigenvalue weighted by Crippen LogP contribution is -2.25. The number of ketones is 1. The van der Waals surface area contributed by atoms with Gasteiger partial charge in [-0.2, -0.15) is 0 Å². The third kappa shape index (κ3) is 13.9. The second-order valence-corrected chi connectivity index (χ2v) is 6.27. The van der Waals surface area contributed by atoms with Crippen molar-refractivity contribution in [2.75, 3.05) is 52.8 Å². The minimum atomic E-state index is -0.998. The standard InChI is InChI=1S/C21H29NO9/c23-18(7-8-19(24)25)22-9-4-10-28-11-12-29-13-14-30-15-16-31-21(27)20(26)17-5-2-1-3-6-17/h1-3,5-6H,4,7-16H2,(H,22,23)(H,24,25). The first-order chi connectivity index (χ1) is 15.0. The Morgan fingerprint density at radius 2 is 1.35 bits per heavy atom. The summed E-state index contributed by atoms with van der Waals surface area (Å²) in [6, 6.07) is 8.18. The Morgan fingerprint density at radius 1 is 0.774 bits per heavy atom. The molecule has 0 fully saturated rings. The summed E-state index contributed by atoms with van der Waals surface area (Å²) in [7, 11) is 0. The molecule has 0 aliphatic heterocycles. The van der Waals surface area contributed by atoms with E-state index in [1.54, 1.807) is 30.3 Å². The lowest BCUT2D eigenvalue weighted by atomic mass is 10.1. The van der Waals surface area contributed by atoms with Crippen LogP contribution in [0.4, 0.5) is 0 Å². The average Bonchev–Trinajstić information content (AvgIpc) is 2.77. The van der Waals surface area contributed by atoms with Gasteiger partial charge < -0.3 is 29.4 Å². The van der Waals surface area contributed by atoms with E-state index in [0.717, 1.165) is 0 Å². The number of nitrogens with one attached hydrogen (secondary N) is 1. The average molecular weight is 439 g/mol. The maximum atomic E-state index is 11.8. The third-order valence-corrected chi connectivity index (χ3v) is 3.78. The van der Waals surface area contributed by atoms with Crippen LogP contribution in [0.2, 0.25) is 0 Å². The number of ether oxygens (including phenoxy) is 4. The van der Waals surface area contributed by atoms with Gasteiger partial charge in [-0.1, -0.05) is 30.3 Å². The lowest BCUT2D eigenvalue weighted by molar-refractivity contribution is -0.140. The number of aliphatic carboxylic acids is 1. The van der Waals surface area contributed by atoms with Crippen LogP contribution >= 0.6 is 0 Å². The molecule has 1 aromatic carbocycles. The van der Waals surface area contributed by atoms with Gasteiger partial charge in [0.15, 0.2) is 0 Å². The molecule has 172 valence electrons. The summed E-state index contributed by atoms with van der Waals surface area (Å²) in [4.78, 5) is 45.0. The number of hydrogen-bond acceptors (Lipinski definition) is 8. The molecular formula is C21H29NO9. The highest BCUT2D eigenvalue weighted by Gasteiger charge is 2.17. The summed E-state index contributed by atoms with van der Waals surface area (Å²) < 4.78 is 20.8. The molecule has 31 heavy (non-hydrogen) atoms. The van der Waals surface area contributed by atoms with Gasteiger partial charge in [-0.3, -0.25) is 14.4 Å². The SMILES string of the molecule is O=C(O)CCC(=O)NCCCOCCOCCOCCOC(=O)C(=O)c1ccccc1. The normalized spacial score (nSPS) is 10.5. The van der Waals surface area contributed by atoms with Crippen molar-refractivity contribution in [2.45, 2.75) is 19.3 Å². The van der Waals surface area contributed by atoms with E-state index in [2.05, 4.69) is 5.32 Å². The second-order valence-electron chi connectivity index (χ2n) is 6.27. The maximum Gasteiger partial charge on any atom is 0.379 e. The van der Waals surface area contributed by atoms with Crippen LogP contribution in [0.5, 0.6) is 0 Å². The molecule has 2 N–H and O–H groups in total. The highest BCUT2D eigenvalue weighted by atomic mass is 16.6. The van der Waals surface area contributed by atoms with E-state index in [-0.39, 0.29) is 37.5 Å². The molecular weight excluding hydrogens is 410 g/mol. The van der Waals surface area contributed by atoms with Crippen LogP contribution in [0.1, 0.15) is 29.6 Å². The maximum absolute atomic E-state index is 11.8. The number of Topliss-reactive ketones (excluding diaryl/α,β-unsaturated/α-hetero) is 1. The van der Waals surface area contributed by atoms with Crippen LogP contribution in [0, 0.1) is 0 Å². The molecule has 1 rings (SSSR count). The first kappa shape index (κ1) is 26.2. The van der Waals surface area contributed by atoms with Gasteiger partial charge in [-0.15, -0.1) is 0 Å². The number of carboxylic acid groups (broad SMARTS) is 1. The Kier molecular flexibility index (Phi) is 14.3. The molecule has 0 radical (unpaired) electrons. The Morgan fingerprint density at radius 3 is 1.97 bits per heavy atom. The number of carboxylic acids is 1. The van der Waals surface area contributed by atoms with Crippen LogP contribution in [-0.2, 0) is 33.3 Å². The zero-order valence-electron chi connectivity index (χ0n) is 17.4. The fraction of sp³-hybridized carbons (Fsp3) is 0.524. The quantitative estimate of drug-likeness (QED) is 0.147. The minimum absolute atomic E-state index is 0.0205. The number of carbonyl (C=O) groups excluding carboxylic acids is 3. The molecule has 0 aromatic heterocycles. The number of amides is 1. The summed E-state index contributed by atoms with van der Waals surface area (Å²) in [6.45, 7) is 2.45. The monoisotopic (exact) mass is 439 g/mol. The number of hydrogen-bond donors (Lipinski definition) is 2. The highest BCUT2D eigenvalue weighted by molar-refractivity contribution is 6.40. The molecule has 10 nitrogen and oxygen atoms in total. The van der Waals surface area contributed by atoms with Crippen molar-refractivity contribution in [1.82, 2.24) is 5.32 Å². The van der Waals surface area contributed by atoms with E-state index in [9.17, 15) is 19.2 Å². The molecule has 0 spiro atoms. The predicted molar refractivity (Wildman–Crippen MR) is 109 cm³/mol. The molecule has 0 aliphatic carbocycles. The molecule has 0 bridgehead atoms. The van der Waals surface area contributed by atoms with Gasteiger partial charge in [-0.25, -0.2) is 4.79 Å². The predicted octanol–water partition coefficient (Wildman–Crippen LogP) is 0.833. The zero-order chi connectivity index (χ0) is 22.7. The summed E-state index contributed by atoms with van der Waals surface area (Å²) in [5.41, 5.74) is 0.282. The number of benzene rings is 1. The third-order valence-electron chi connectivity index (χ3n) is 3.78. The summed E-state index contributed by atoms with van der Waals surface area (Å²) in [5.74, 6) is -2.89. The van der Waals surface area contributed by atoms with E-state index in [0.29, 0.717) is 46.0 Å². The zero-order valence-corrected chi connectivity index (χ0v) is 17.4. The highest BCUT2D eigenvalue weighted by Crippen LogP contribution is 2.01. The smallest absolute Gasteiger partial charge is 0.379 e. The van der Waals surface area contributed by atoms with Crippen molar-refractivity contribution in [2.24, 2.45) is 0 Å².